The molecule has 0 bridgehead atoms. The molecule has 1 aromatic rings. The Morgan fingerprint density at radius 3 is 2.71 bits per heavy atom. The molecule has 1 amide bonds. The Morgan fingerprint density at radius 1 is 1.41 bits per heavy atom. The van der Waals surface area contributed by atoms with Crippen molar-refractivity contribution in [3.8, 4) is 0 Å². The highest BCUT2D eigenvalue weighted by Gasteiger charge is 2.10. The highest BCUT2D eigenvalue weighted by atomic mass is 16.2. The molecule has 0 radical (unpaired) electrons. The Kier molecular flexibility index (Phi) is 6.04. The number of carbonyl (C=O) groups excluding carboxylic acids is 1. The summed E-state index contributed by atoms with van der Waals surface area (Å²) in [6, 6.07) is 10.0. The van der Waals surface area contributed by atoms with Crippen molar-refractivity contribution < 1.29 is 4.79 Å². The van der Waals surface area contributed by atoms with E-state index < -0.39 is 0 Å². The average molecular weight is 232 g/mol. The van der Waals surface area contributed by atoms with E-state index in [0.717, 1.165) is 12.1 Å². The SMILES string of the molecule is C=CCNCC(=O)N(CC)Cc1ccccc1. The van der Waals surface area contributed by atoms with Crippen molar-refractivity contribution in [2.24, 2.45) is 0 Å². The van der Waals surface area contributed by atoms with Gasteiger partial charge in [0.15, 0.2) is 0 Å². The third kappa shape index (κ3) is 4.83. The van der Waals surface area contributed by atoms with E-state index in [-0.39, 0.29) is 5.91 Å². The molecule has 0 spiro atoms. The van der Waals surface area contributed by atoms with Gasteiger partial charge in [0.2, 0.25) is 5.91 Å². The van der Waals surface area contributed by atoms with Gasteiger partial charge in [-0.15, -0.1) is 6.58 Å². The fourth-order valence-corrected chi connectivity index (χ4v) is 1.57. The predicted octanol–water partition coefficient (Wildman–Crippen LogP) is 1.81. The molecule has 17 heavy (non-hydrogen) atoms. The molecule has 0 atom stereocenters. The average Bonchev–Trinajstić information content (AvgIpc) is 2.37. The normalized spacial score (nSPS) is 9.94. The van der Waals surface area contributed by atoms with Crippen molar-refractivity contribution in [3.05, 3.63) is 48.6 Å². The maximum atomic E-state index is 11.9. The molecular formula is C14H20N2O. The largest absolute Gasteiger partial charge is 0.338 e. The van der Waals surface area contributed by atoms with Crippen LogP contribution in [-0.4, -0.2) is 30.4 Å². The predicted molar refractivity (Wildman–Crippen MR) is 70.6 cm³/mol. The summed E-state index contributed by atoms with van der Waals surface area (Å²) in [7, 11) is 0. The minimum atomic E-state index is 0.123. The topological polar surface area (TPSA) is 32.3 Å². The van der Waals surface area contributed by atoms with E-state index in [1.54, 1.807) is 6.08 Å². The fraction of sp³-hybridized carbons (Fsp3) is 0.357. The van der Waals surface area contributed by atoms with E-state index >= 15 is 0 Å². The number of carbonyl (C=O) groups is 1. The zero-order valence-electron chi connectivity index (χ0n) is 10.4. The van der Waals surface area contributed by atoms with E-state index in [9.17, 15) is 4.79 Å². The summed E-state index contributed by atoms with van der Waals surface area (Å²) in [6.45, 7) is 8.02. The van der Waals surface area contributed by atoms with Crippen LogP contribution in [-0.2, 0) is 11.3 Å². The van der Waals surface area contributed by atoms with Gasteiger partial charge < -0.3 is 10.2 Å². The lowest BCUT2D eigenvalue weighted by molar-refractivity contribution is -0.130. The van der Waals surface area contributed by atoms with Crippen molar-refractivity contribution in [2.75, 3.05) is 19.6 Å². The highest BCUT2D eigenvalue weighted by Crippen LogP contribution is 2.04. The number of nitrogens with one attached hydrogen (secondary N) is 1. The minimum Gasteiger partial charge on any atom is -0.338 e. The van der Waals surface area contributed by atoms with Crippen molar-refractivity contribution in [1.82, 2.24) is 10.2 Å². The molecule has 1 aromatic carbocycles. The minimum absolute atomic E-state index is 0.123. The van der Waals surface area contributed by atoms with Crippen molar-refractivity contribution in [2.45, 2.75) is 13.5 Å². The molecule has 0 saturated heterocycles. The Balaban J connectivity index is 2.47. The summed E-state index contributed by atoms with van der Waals surface area (Å²) < 4.78 is 0. The molecule has 0 aliphatic carbocycles. The van der Waals surface area contributed by atoms with Gasteiger partial charge in [-0.25, -0.2) is 0 Å². The Bertz CT molecular complexity index is 348. The number of hydrogen-bond acceptors (Lipinski definition) is 2. The Labute approximate surface area is 103 Å². The standard InChI is InChI=1S/C14H20N2O/c1-3-10-15-11-14(17)16(4-2)12-13-8-6-5-7-9-13/h3,5-9,15H,1,4,10-12H2,2H3. The number of benzene rings is 1. The molecule has 92 valence electrons. The van der Waals surface area contributed by atoms with Crippen LogP contribution in [0.2, 0.25) is 0 Å². The smallest absolute Gasteiger partial charge is 0.236 e. The number of amides is 1. The monoisotopic (exact) mass is 232 g/mol. The van der Waals surface area contributed by atoms with E-state index in [1.165, 1.54) is 0 Å². The molecule has 0 fully saturated rings. The Morgan fingerprint density at radius 2 is 2.12 bits per heavy atom. The molecule has 0 heterocycles. The summed E-state index contributed by atoms with van der Waals surface area (Å²) >= 11 is 0. The second kappa shape index (κ2) is 7.63. The third-order valence-electron chi connectivity index (χ3n) is 2.52. The fourth-order valence-electron chi connectivity index (χ4n) is 1.57. The van der Waals surface area contributed by atoms with Gasteiger partial charge in [0.25, 0.3) is 0 Å². The number of hydrogen-bond donors (Lipinski definition) is 1. The van der Waals surface area contributed by atoms with Crippen LogP contribution >= 0.6 is 0 Å². The first kappa shape index (κ1) is 13.5. The van der Waals surface area contributed by atoms with Crippen LogP contribution in [0.3, 0.4) is 0 Å². The quantitative estimate of drug-likeness (QED) is 0.574. The first-order valence-electron chi connectivity index (χ1n) is 5.91. The lowest BCUT2D eigenvalue weighted by Gasteiger charge is -2.21. The number of rotatable bonds is 7. The molecule has 3 heteroatoms. The molecule has 0 aliphatic rings. The third-order valence-corrected chi connectivity index (χ3v) is 2.52. The van der Waals surface area contributed by atoms with Gasteiger partial charge in [0, 0.05) is 19.6 Å². The van der Waals surface area contributed by atoms with Crippen molar-refractivity contribution in [1.29, 1.82) is 0 Å². The number of likely N-dealkylation sites (N-methyl/N-ethyl adjacent to an activating group) is 1. The highest BCUT2D eigenvalue weighted by molar-refractivity contribution is 5.78. The zero-order chi connectivity index (χ0) is 12.5. The van der Waals surface area contributed by atoms with Crippen LogP contribution in [0.4, 0.5) is 0 Å². The molecule has 1 rings (SSSR count). The second-order valence-electron chi connectivity index (χ2n) is 3.81. The van der Waals surface area contributed by atoms with E-state index in [0.29, 0.717) is 19.6 Å². The second-order valence-corrected chi connectivity index (χ2v) is 3.81. The summed E-state index contributed by atoms with van der Waals surface area (Å²) in [4.78, 5) is 13.7. The summed E-state index contributed by atoms with van der Waals surface area (Å²) in [5.74, 6) is 0.123. The van der Waals surface area contributed by atoms with Gasteiger partial charge in [0.05, 0.1) is 6.54 Å². The zero-order valence-corrected chi connectivity index (χ0v) is 10.4. The van der Waals surface area contributed by atoms with E-state index in [1.807, 2.05) is 42.2 Å². The molecule has 3 nitrogen and oxygen atoms in total. The maximum absolute atomic E-state index is 11.9. The molecular weight excluding hydrogens is 212 g/mol. The summed E-state index contributed by atoms with van der Waals surface area (Å²) in [5.41, 5.74) is 1.16. The van der Waals surface area contributed by atoms with Crippen LogP contribution < -0.4 is 5.32 Å². The van der Waals surface area contributed by atoms with Crippen LogP contribution in [0.15, 0.2) is 43.0 Å². The first-order chi connectivity index (χ1) is 8.27. The Hall–Kier alpha value is -1.61. The maximum Gasteiger partial charge on any atom is 0.236 e. The molecule has 0 saturated carbocycles. The van der Waals surface area contributed by atoms with Crippen LogP contribution in [0.5, 0.6) is 0 Å². The molecule has 1 N–H and O–H groups in total. The van der Waals surface area contributed by atoms with Crippen LogP contribution in [0.1, 0.15) is 12.5 Å². The van der Waals surface area contributed by atoms with Gasteiger partial charge in [-0.1, -0.05) is 36.4 Å². The molecule has 0 aromatic heterocycles. The number of nitrogens with zero attached hydrogens (tertiary/aromatic N) is 1. The van der Waals surface area contributed by atoms with Crippen molar-refractivity contribution in [3.63, 3.8) is 0 Å². The van der Waals surface area contributed by atoms with Crippen LogP contribution in [0, 0.1) is 0 Å². The lowest BCUT2D eigenvalue weighted by Crippen LogP contribution is -2.37. The van der Waals surface area contributed by atoms with E-state index in [4.69, 9.17) is 0 Å². The van der Waals surface area contributed by atoms with Gasteiger partial charge >= 0.3 is 0 Å². The van der Waals surface area contributed by atoms with Gasteiger partial charge in [-0.05, 0) is 12.5 Å². The first-order valence-corrected chi connectivity index (χ1v) is 5.91. The lowest BCUT2D eigenvalue weighted by atomic mass is 10.2. The van der Waals surface area contributed by atoms with E-state index in [2.05, 4.69) is 11.9 Å². The van der Waals surface area contributed by atoms with Gasteiger partial charge in [0.1, 0.15) is 0 Å². The van der Waals surface area contributed by atoms with Crippen molar-refractivity contribution >= 4 is 5.91 Å². The summed E-state index contributed by atoms with van der Waals surface area (Å²) in [6.07, 6.45) is 1.75. The van der Waals surface area contributed by atoms with Crippen LogP contribution in [0.25, 0.3) is 0 Å². The van der Waals surface area contributed by atoms with Gasteiger partial charge in [-0.3, -0.25) is 4.79 Å². The van der Waals surface area contributed by atoms with Gasteiger partial charge in [-0.2, -0.15) is 0 Å². The summed E-state index contributed by atoms with van der Waals surface area (Å²) in [5, 5.41) is 3.03. The molecule has 0 unspecified atom stereocenters. The molecule has 0 aliphatic heterocycles.